The summed E-state index contributed by atoms with van der Waals surface area (Å²) in [5, 5.41) is 12.2. The van der Waals surface area contributed by atoms with Gasteiger partial charge in [-0.3, -0.25) is 4.79 Å². The van der Waals surface area contributed by atoms with E-state index in [0.717, 1.165) is 27.8 Å². The normalized spacial score (nSPS) is 18.3. The first kappa shape index (κ1) is 22.9. The van der Waals surface area contributed by atoms with Gasteiger partial charge in [0.05, 0.1) is 12.6 Å². The Hall–Kier alpha value is -3.90. The molecular formula is C29H28N2O4. The summed E-state index contributed by atoms with van der Waals surface area (Å²) in [5.41, 5.74) is 4.12. The van der Waals surface area contributed by atoms with E-state index in [1.807, 2.05) is 48.5 Å². The highest BCUT2D eigenvalue weighted by Gasteiger charge is 2.45. The molecule has 0 spiro atoms. The molecule has 1 aliphatic carbocycles. The maximum Gasteiger partial charge on any atom is 0.252 e. The van der Waals surface area contributed by atoms with Gasteiger partial charge >= 0.3 is 0 Å². The van der Waals surface area contributed by atoms with Crippen LogP contribution >= 0.6 is 0 Å². The minimum atomic E-state index is -1.08. The third-order valence-electron chi connectivity index (χ3n) is 6.45. The SMILES string of the molecule is C=CC[C@]1(C(=O)NC2c3ccccc3-c3ccccc32)COC(c2ccc(OCCCO)cc2)=N1. The lowest BCUT2D eigenvalue weighted by molar-refractivity contribution is -0.127. The monoisotopic (exact) mass is 468 g/mol. The maximum atomic E-state index is 13.7. The topological polar surface area (TPSA) is 80.2 Å². The van der Waals surface area contributed by atoms with Gasteiger partial charge in [0.25, 0.3) is 5.91 Å². The molecule has 1 aliphatic heterocycles. The minimum Gasteiger partial charge on any atom is -0.494 e. The number of nitrogens with one attached hydrogen (secondary N) is 1. The summed E-state index contributed by atoms with van der Waals surface area (Å²) >= 11 is 0. The van der Waals surface area contributed by atoms with Crippen LogP contribution in [0.25, 0.3) is 11.1 Å². The molecule has 0 aromatic heterocycles. The molecule has 1 heterocycles. The molecule has 1 atom stereocenters. The fraction of sp³-hybridized carbons (Fsp3) is 0.241. The van der Waals surface area contributed by atoms with E-state index in [0.29, 0.717) is 31.1 Å². The van der Waals surface area contributed by atoms with Crippen molar-refractivity contribution < 1.29 is 19.4 Å². The average molecular weight is 469 g/mol. The van der Waals surface area contributed by atoms with Crippen molar-refractivity contribution >= 4 is 11.8 Å². The lowest BCUT2D eigenvalue weighted by Crippen LogP contribution is -2.47. The number of rotatable bonds is 9. The van der Waals surface area contributed by atoms with Gasteiger partial charge in [-0.1, -0.05) is 54.6 Å². The predicted molar refractivity (Wildman–Crippen MR) is 136 cm³/mol. The summed E-state index contributed by atoms with van der Waals surface area (Å²) < 4.78 is 11.5. The fourth-order valence-electron chi connectivity index (χ4n) is 4.67. The minimum absolute atomic E-state index is 0.0915. The number of fused-ring (bicyclic) bond motifs is 3. The molecule has 5 rings (SSSR count). The van der Waals surface area contributed by atoms with Crippen LogP contribution in [0.2, 0.25) is 0 Å². The molecule has 0 saturated carbocycles. The van der Waals surface area contributed by atoms with Crippen molar-refractivity contribution in [3.63, 3.8) is 0 Å². The molecular weight excluding hydrogens is 440 g/mol. The smallest absolute Gasteiger partial charge is 0.252 e. The molecule has 0 saturated heterocycles. The van der Waals surface area contributed by atoms with Gasteiger partial charge in [0, 0.05) is 25.0 Å². The highest BCUT2D eigenvalue weighted by Crippen LogP contribution is 2.43. The number of hydrogen-bond acceptors (Lipinski definition) is 5. The Bertz CT molecular complexity index is 1220. The number of amides is 1. The van der Waals surface area contributed by atoms with E-state index in [4.69, 9.17) is 19.6 Å². The second kappa shape index (κ2) is 9.76. The summed E-state index contributed by atoms with van der Waals surface area (Å²) in [6.07, 6.45) is 2.65. The molecule has 0 radical (unpaired) electrons. The summed E-state index contributed by atoms with van der Waals surface area (Å²) in [4.78, 5) is 18.5. The zero-order chi connectivity index (χ0) is 24.3. The van der Waals surface area contributed by atoms with Crippen LogP contribution in [0.15, 0.2) is 90.4 Å². The van der Waals surface area contributed by atoms with Crippen molar-refractivity contribution in [2.45, 2.75) is 24.4 Å². The van der Waals surface area contributed by atoms with Crippen molar-refractivity contribution in [2.75, 3.05) is 19.8 Å². The lowest BCUT2D eigenvalue weighted by Gasteiger charge is -2.25. The number of nitrogens with zero attached hydrogens (tertiary/aromatic N) is 1. The lowest BCUT2D eigenvalue weighted by atomic mass is 9.94. The maximum absolute atomic E-state index is 13.7. The number of benzene rings is 3. The first-order valence-electron chi connectivity index (χ1n) is 11.8. The Kier molecular flexibility index (Phi) is 6.38. The van der Waals surface area contributed by atoms with Crippen LogP contribution < -0.4 is 10.1 Å². The third-order valence-corrected chi connectivity index (χ3v) is 6.45. The van der Waals surface area contributed by atoms with Crippen LogP contribution in [0, 0.1) is 0 Å². The van der Waals surface area contributed by atoms with Gasteiger partial charge in [-0.05, 0) is 46.5 Å². The van der Waals surface area contributed by atoms with Crippen molar-refractivity contribution in [2.24, 2.45) is 4.99 Å². The number of aliphatic imine (C=N–C) groups is 1. The highest BCUT2D eigenvalue weighted by molar-refractivity contribution is 6.00. The van der Waals surface area contributed by atoms with E-state index in [2.05, 4.69) is 36.2 Å². The third kappa shape index (κ3) is 4.33. The Morgan fingerprint density at radius 3 is 2.37 bits per heavy atom. The molecule has 3 aromatic carbocycles. The Balaban J connectivity index is 1.39. The molecule has 35 heavy (non-hydrogen) atoms. The second-order valence-electron chi connectivity index (χ2n) is 8.76. The van der Waals surface area contributed by atoms with Gasteiger partial charge in [-0.2, -0.15) is 0 Å². The molecule has 178 valence electrons. The van der Waals surface area contributed by atoms with Crippen molar-refractivity contribution in [3.05, 3.63) is 102 Å². The van der Waals surface area contributed by atoms with Crippen LogP contribution in [0.3, 0.4) is 0 Å². The molecule has 2 aliphatic rings. The number of aliphatic hydroxyl groups excluding tert-OH is 1. The second-order valence-corrected chi connectivity index (χ2v) is 8.76. The highest BCUT2D eigenvalue weighted by atomic mass is 16.5. The summed E-state index contributed by atoms with van der Waals surface area (Å²) in [5.74, 6) is 0.943. The standard InChI is InChI=1S/C29H28N2O4/c1-2-16-29(19-35-27(31-29)20-12-14-21(15-13-20)34-18-7-17-32)28(33)30-26-24-10-5-3-8-22(24)23-9-4-6-11-25(23)26/h2-6,8-15,26,32H,1,7,16-19H2,(H,30,33)/t29-/m1/s1. The number of carbonyl (C=O) groups excluding carboxylic acids is 1. The average Bonchev–Trinajstić information content (AvgIpc) is 3.46. The Morgan fingerprint density at radius 2 is 1.74 bits per heavy atom. The molecule has 0 unspecified atom stereocenters. The van der Waals surface area contributed by atoms with E-state index >= 15 is 0 Å². The van der Waals surface area contributed by atoms with E-state index in [9.17, 15) is 4.79 Å². The van der Waals surface area contributed by atoms with Crippen molar-refractivity contribution in [1.29, 1.82) is 0 Å². The summed E-state index contributed by atoms with van der Waals surface area (Å²) in [6, 6.07) is 23.5. The summed E-state index contributed by atoms with van der Waals surface area (Å²) in [7, 11) is 0. The van der Waals surface area contributed by atoms with E-state index in [1.54, 1.807) is 6.08 Å². The molecule has 6 heteroatoms. The predicted octanol–water partition coefficient (Wildman–Crippen LogP) is 4.43. The molecule has 2 N–H and O–H groups in total. The van der Waals surface area contributed by atoms with Crippen LogP contribution in [0.1, 0.15) is 35.6 Å². The fourth-order valence-corrected chi connectivity index (χ4v) is 4.67. The summed E-state index contributed by atoms with van der Waals surface area (Å²) in [6.45, 7) is 4.54. The van der Waals surface area contributed by atoms with Crippen molar-refractivity contribution in [3.8, 4) is 16.9 Å². The molecule has 0 fully saturated rings. The van der Waals surface area contributed by atoms with E-state index in [1.165, 1.54) is 0 Å². The van der Waals surface area contributed by atoms with Crippen molar-refractivity contribution in [1.82, 2.24) is 5.32 Å². The van der Waals surface area contributed by atoms with Gasteiger partial charge in [0.1, 0.15) is 12.4 Å². The first-order valence-corrected chi connectivity index (χ1v) is 11.8. The van der Waals surface area contributed by atoms with Crippen LogP contribution in [0.5, 0.6) is 5.75 Å². The van der Waals surface area contributed by atoms with Gasteiger partial charge in [-0.15, -0.1) is 6.58 Å². The molecule has 0 bridgehead atoms. The largest absolute Gasteiger partial charge is 0.494 e. The van der Waals surface area contributed by atoms with Gasteiger partial charge in [-0.25, -0.2) is 4.99 Å². The van der Waals surface area contributed by atoms with Gasteiger partial charge < -0.3 is 19.9 Å². The van der Waals surface area contributed by atoms with E-state index in [-0.39, 0.29) is 25.2 Å². The van der Waals surface area contributed by atoms with Crippen LogP contribution in [-0.2, 0) is 9.53 Å². The first-order chi connectivity index (χ1) is 17.1. The number of aliphatic hydroxyl groups is 1. The van der Waals surface area contributed by atoms with Gasteiger partial charge in [0.2, 0.25) is 5.90 Å². The van der Waals surface area contributed by atoms with Crippen LogP contribution in [-0.4, -0.2) is 42.3 Å². The Labute approximate surface area is 204 Å². The molecule has 1 amide bonds. The number of carbonyl (C=O) groups is 1. The zero-order valence-corrected chi connectivity index (χ0v) is 19.4. The number of ether oxygens (including phenoxy) is 2. The zero-order valence-electron chi connectivity index (χ0n) is 19.4. The molecule has 6 nitrogen and oxygen atoms in total. The molecule has 3 aromatic rings. The van der Waals surface area contributed by atoms with E-state index < -0.39 is 5.54 Å². The quantitative estimate of drug-likeness (QED) is 0.360. The van der Waals surface area contributed by atoms with Crippen LogP contribution in [0.4, 0.5) is 0 Å². The number of hydrogen-bond donors (Lipinski definition) is 2. The Morgan fingerprint density at radius 1 is 1.09 bits per heavy atom. The van der Waals surface area contributed by atoms with Gasteiger partial charge in [0.15, 0.2) is 5.54 Å².